The van der Waals surface area contributed by atoms with Crippen molar-refractivity contribution in [1.82, 2.24) is 10.1 Å². The van der Waals surface area contributed by atoms with E-state index in [2.05, 4.69) is 5.16 Å². The Morgan fingerprint density at radius 2 is 2.00 bits per heavy atom. The minimum absolute atomic E-state index is 0.0295. The largest absolute Gasteiger partial charge is 0.484 e. The first kappa shape index (κ1) is 18.8. The zero-order valence-corrected chi connectivity index (χ0v) is 16.8. The van der Waals surface area contributed by atoms with Gasteiger partial charge in [-0.25, -0.2) is 0 Å². The molecule has 0 saturated carbocycles. The van der Waals surface area contributed by atoms with Gasteiger partial charge in [0.25, 0.3) is 5.91 Å². The van der Waals surface area contributed by atoms with Gasteiger partial charge in [-0.3, -0.25) is 4.79 Å². The van der Waals surface area contributed by atoms with Crippen LogP contribution in [-0.2, 0) is 17.8 Å². The van der Waals surface area contributed by atoms with E-state index in [0.29, 0.717) is 35.3 Å². The summed E-state index contributed by atoms with van der Waals surface area (Å²) in [5, 5.41) is 5.51. The van der Waals surface area contributed by atoms with Crippen LogP contribution in [0.15, 0.2) is 47.0 Å². The number of nitrogens with zero attached hydrogens (tertiary/aromatic N) is 2. The van der Waals surface area contributed by atoms with Crippen LogP contribution in [0.1, 0.15) is 16.8 Å². The summed E-state index contributed by atoms with van der Waals surface area (Å²) in [5.41, 5.74) is 3.67. The topological polar surface area (TPSA) is 55.6 Å². The standard InChI is InChI=1S/C21H18Cl2N2O3/c1-13-10-16(6-7-18(13)23)27-12-20(26)25-9-8-17-19(11-25)24-28-21(17)14-2-4-15(22)5-3-14/h2-7,10H,8-9,11-12H2,1H3. The number of benzene rings is 2. The Hall–Kier alpha value is -2.50. The zero-order chi connectivity index (χ0) is 19.7. The fraction of sp³-hybridized carbons (Fsp3) is 0.238. The number of carbonyl (C=O) groups excluding carboxylic acids is 1. The highest BCUT2D eigenvalue weighted by atomic mass is 35.5. The molecule has 2 aromatic carbocycles. The summed E-state index contributed by atoms with van der Waals surface area (Å²) in [4.78, 5) is 14.3. The Morgan fingerprint density at radius 1 is 1.21 bits per heavy atom. The van der Waals surface area contributed by atoms with Crippen molar-refractivity contribution < 1.29 is 14.1 Å². The van der Waals surface area contributed by atoms with Gasteiger partial charge in [0.1, 0.15) is 11.4 Å². The van der Waals surface area contributed by atoms with Crippen LogP contribution in [0, 0.1) is 6.92 Å². The smallest absolute Gasteiger partial charge is 0.260 e. The van der Waals surface area contributed by atoms with E-state index in [9.17, 15) is 4.79 Å². The van der Waals surface area contributed by atoms with Gasteiger partial charge in [0, 0.05) is 27.7 Å². The predicted octanol–water partition coefficient (Wildman–Crippen LogP) is 4.92. The molecule has 1 aliphatic rings. The number of hydrogen-bond acceptors (Lipinski definition) is 4. The van der Waals surface area contributed by atoms with Gasteiger partial charge in [0.05, 0.1) is 6.54 Å². The molecule has 7 heteroatoms. The first-order valence-corrected chi connectivity index (χ1v) is 9.67. The van der Waals surface area contributed by atoms with Crippen LogP contribution in [-0.4, -0.2) is 29.1 Å². The summed E-state index contributed by atoms with van der Waals surface area (Å²) in [6.45, 7) is 2.87. The Balaban J connectivity index is 1.42. The third-order valence-corrected chi connectivity index (χ3v) is 5.47. The third-order valence-electron chi connectivity index (χ3n) is 4.79. The number of amides is 1. The maximum Gasteiger partial charge on any atom is 0.260 e. The van der Waals surface area contributed by atoms with Gasteiger partial charge in [0.15, 0.2) is 12.4 Å². The van der Waals surface area contributed by atoms with Crippen molar-refractivity contribution >= 4 is 29.1 Å². The van der Waals surface area contributed by atoms with Crippen LogP contribution in [0.4, 0.5) is 0 Å². The Labute approximate surface area is 172 Å². The molecule has 0 fully saturated rings. The summed E-state index contributed by atoms with van der Waals surface area (Å²) < 4.78 is 11.2. The van der Waals surface area contributed by atoms with E-state index in [4.69, 9.17) is 32.5 Å². The van der Waals surface area contributed by atoms with E-state index >= 15 is 0 Å². The zero-order valence-electron chi connectivity index (χ0n) is 15.2. The molecule has 0 atom stereocenters. The van der Waals surface area contributed by atoms with E-state index in [0.717, 1.165) is 28.1 Å². The van der Waals surface area contributed by atoms with Crippen molar-refractivity contribution in [3.8, 4) is 17.1 Å². The molecule has 144 valence electrons. The van der Waals surface area contributed by atoms with Crippen molar-refractivity contribution in [3.05, 3.63) is 69.3 Å². The maximum absolute atomic E-state index is 12.5. The number of carbonyl (C=O) groups is 1. The Morgan fingerprint density at radius 3 is 2.75 bits per heavy atom. The van der Waals surface area contributed by atoms with Gasteiger partial charge in [-0.05, 0) is 61.4 Å². The highest BCUT2D eigenvalue weighted by Crippen LogP contribution is 2.31. The molecule has 1 amide bonds. The lowest BCUT2D eigenvalue weighted by Gasteiger charge is -2.26. The minimum atomic E-state index is -0.0886. The number of halogens is 2. The molecule has 0 N–H and O–H groups in total. The van der Waals surface area contributed by atoms with Crippen LogP contribution in [0.5, 0.6) is 5.75 Å². The van der Waals surface area contributed by atoms with Crippen LogP contribution < -0.4 is 4.74 Å². The van der Waals surface area contributed by atoms with E-state index in [-0.39, 0.29) is 12.5 Å². The molecule has 4 rings (SSSR count). The molecular formula is C21H18Cl2N2O3. The van der Waals surface area contributed by atoms with Crippen molar-refractivity contribution in [3.63, 3.8) is 0 Å². The van der Waals surface area contributed by atoms with Crippen molar-refractivity contribution in [1.29, 1.82) is 0 Å². The Bertz CT molecular complexity index is 1010. The molecule has 0 bridgehead atoms. The van der Waals surface area contributed by atoms with Gasteiger partial charge in [-0.15, -0.1) is 0 Å². The number of ether oxygens (including phenoxy) is 1. The van der Waals surface area contributed by atoms with Gasteiger partial charge < -0.3 is 14.2 Å². The molecule has 0 aliphatic carbocycles. The second-order valence-electron chi connectivity index (χ2n) is 6.71. The van der Waals surface area contributed by atoms with Crippen LogP contribution >= 0.6 is 23.2 Å². The quantitative estimate of drug-likeness (QED) is 0.605. The van der Waals surface area contributed by atoms with Crippen LogP contribution in [0.3, 0.4) is 0 Å². The molecule has 3 aromatic rings. The maximum atomic E-state index is 12.5. The number of aromatic nitrogens is 1. The molecule has 0 spiro atoms. The minimum Gasteiger partial charge on any atom is -0.484 e. The van der Waals surface area contributed by atoms with Gasteiger partial charge in [-0.2, -0.15) is 0 Å². The molecule has 1 aliphatic heterocycles. The summed E-state index contributed by atoms with van der Waals surface area (Å²) in [7, 11) is 0. The first-order valence-electron chi connectivity index (χ1n) is 8.91. The van der Waals surface area contributed by atoms with E-state index < -0.39 is 0 Å². The third kappa shape index (κ3) is 3.86. The average molecular weight is 417 g/mol. The summed E-state index contributed by atoms with van der Waals surface area (Å²) in [6, 6.07) is 12.8. The first-order chi connectivity index (χ1) is 13.5. The van der Waals surface area contributed by atoms with Crippen molar-refractivity contribution in [2.24, 2.45) is 0 Å². The summed E-state index contributed by atoms with van der Waals surface area (Å²) in [5.74, 6) is 1.28. The molecule has 5 nitrogen and oxygen atoms in total. The van der Waals surface area contributed by atoms with E-state index in [1.807, 2.05) is 37.3 Å². The molecule has 0 unspecified atom stereocenters. The van der Waals surface area contributed by atoms with Crippen molar-refractivity contribution in [2.75, 3.05) is 13.2 Å². The van der Waals surface area contributed by atoms with E-state index in [1.165, 1.54) is 0 Å². The van der Waals surface area contributed by atoms with Crippen molar-refractivity contribution in [2.45, 2.75) is 19.9 Å². The number of fused-ring (bicyclic) bond motifs is 1. The van der Waals surface area contributed by atoms with Gasteiger partial charge in [0.2, 0.25) is 0 Å². The average Bonchev–Trinajstić information content (AvgIpc) is 3.12. The number of rotatable bonds is 4. The molecule has 0 radical (unpaired) electrons. The van der Waals surface area contributed by atoms with Crippen LogP contribution in [0.2, 0.25) is 10.0 Å². The van der Waals surface area contributed by atoms with Gasteiger partial charge in [-0.1, -0.05) is 28.4 Å². The lowest BCUT2D eigenvalue weighted by molar-refractivity contribution is -0.134. The molecule has 28 heavy (non-hydrogen) atoms. The number of aryl methyl sites for hydroxylation is 1. The second kappa shape index (κ2) is 7.86. The summed E-state index contributed by atoms with van der Waals surface area (Å²) in [6.07, 6.45) is 0.683. The predicted molar refractivity (Wildman–Crippen MR) is 108 cm³/mol. The SMILES string of the molecule is Cc1cc(OCC(=O)N2CCc3c(noc3-c3ccc(Cl)cc3)C2)ccc1Cl. The highest BCUT2D eigenvalue weighted by Gasteiger charge is 2.27. The summed E-state index contributed by atoms with van der Waals surface area (Å²) >= 11 is 12.0. The normalized spacial score (nSPS) is 13.3. The molecule has 2 heterocycles. The fourth-order valence-electron chi connectivity index (χ4n) is 3.22. The van der Waals surface area contributed by atoms with Gasteiger partial charge >= 0.3 is 0 Å². The molecular weight excluding hydrogens is 399 g/mol. The molecule has 0 saturated heterocycles. The Kier molecular flexibility index (Phi) is 5.29. The lowest BCUT2D eigenvalue weighted by atomic mass is 10.0. The monoisotopic (exact) mass is 416 g/mol. The fourth-order valence-corrected chi connectivity index (χ4v) is 3.46. The molecule has 1 aromatic heterocycles. The second-order valence-corrected chi connectivity index (χ2v) is 7.55. The lowest BCUT2D eigenvalue weighted by Crippen LogP contribution is -2.38. The van der Waals surface area contributed by atoms with Crippen LogP contribution in [0.25, 0.3) is 11.3 Å². The van der Waals surface area contributed by atoms with E-state index in [1.54, 1.807) is 17.0 Å². The number of hydrogen-bond donors (Lipinski definition) is 0. The highest BCUT2D eigenvalue weighted by molar-refractivity contribution is 6.31.